The van der Waals surface area contributed by atoms with Crippen molar-refractivity contribution in [1.29, 1.82) is 0 Å². The first-order valence-corrected chi connectivity index (χ1v) is 6.82. The van der Waals surface area contributed by atoms with E-state index >= 15 is 0 Å². The molecule has 0 bridgehead atoms. The third-order valence-corrected chi connectivity index (χ3v) is 3.60. The number of hydrogen-bond acceptors (Lipinski definition) is 3. The summed E-state index contributed by atoms with van der Waals surface area (Å²) < 4.78 is 11.6. The highest BCUT2D eigenvalue weighted by Gasteiger charge is 2.47. The molecule has 1 aliphatic heterocycles. The summed E-state index contributed by atoms with van der Waals surface area (Å²) in [5.74, 6) is 0.419. The number of nitrogens with two attached hydrogens (primary N) is 1. The lowest BCUT2D eigenvalue weighted by molar-refractivity contribution is -0.0772. The number of ether oxygens (including phenoxy) is 2. The summed E-state index contributed by atoms with van der Waals surface area (Å²) in [6.45, 7) is 12.3. The molecule has 0 spiro atoms. The second-order valence-electron chi connectivity index (χ2n) is 6.34. The predicted octanol–water partition coefficient (Wildman–Crippen LogP) is 2.72. The van der Waals surface area contributed by atoms with Crippen molar-refractivity contribution in [3.05, 3.63) is 0 Å². The molecule has 1 heterocycles. The minimum atomic E-state index is -0.117. The molecule has 3 heteroatoms. The maximum absolute atomic E-state index is 6.30. The second kappa shape index (κ2) is 5.68. The smallest absolute Gasteiger partial charge is 0.0677 e. The van der Waals surface area contributed by atoms with Gasteiger partial charge in [-0.3, -0.25) is 0 Å². The zero-order chi connectivity index (χ0) is 13.1. The molecule has 1 fully saturated rings. The van der Waals surface area contributed by atoms with Crippen molar-refractivity contribution in [2.45, 2.75) is 71.1 Å². The summed E-state index contributed by atoms with van der Waals surface area (Å²) in [5, 5.41) is 0. The van der Waals surface area contributed by atoms with Gasteiger partial charge in [0.25, 0.3) is 0 Å². The standard InChI is InChI=1S/C14H29NO2/c1-6-8-16-9-7-12(15)11-10-13(2,3)17-14(11,4)5/h11-12H,6-10,15H2,1-5H3. The van der Waals surface area contributed by atoms with Crippen molar-refractivity contribution in [3.8, 4) is 0 Å². The van der Waals surface area contributed by atoms with Crippen molar-refractivity contribution in [3.63, 3.8) is 0 Å². The van der Waals surface area contributed by atoms with Crippen LogP contribution in [0.1, 0.15) is 53.9 Å². The monoisotopic (exact) mass is 243 g/mol. The van der Waals surface area contributed by atoms with Crippen LogP contribution >= 0.6 is 0 Å². The molecule has 0 aliphatic carbocycles. The lowest BCUT2D eigenvalue weighted by Gasteiger charge is -2.31. The molecular formula is C14H29NO2. The van der Waals surface area contributed by atoms with Gasteiger partial charge in [0.2, 0.25) is 0 Å². The van der Waals surface area contributed by atoms with Crippen LogP contribution < -0.4 is 5.73 Å². The van der Waals surface area contributed by atoms with Gasteiger partial charge in [-0.15, -0.1) is 0 Å². The van der Waals surface area contributed by atoms with E-state index in [1.807, 2.05) is 0 Å². The summed E-state index contributed by atoms with van der Waals surface area (Å²) in [6.07, 6.45) is 3.03. The van der Waals surface area contributed by atoms with Gasteiger partial charge in [-0.1, -0.05) is 6.92 Å². The van der Waals surface area contributed by atoms with E-state index in [-0.39, 0.29) is 17.2 Å². The van der Waals surface area contributed by atoms with Crippen molar-refractivity contribution < 1.29 is 9.47 Å². The Morgan fingerprint density at radius 1 is 1.29 bits per heavy atom. The van der Waals surface area contributed by atoms with E-state index in [1.165, 1.54) is 0 Å². The molecule has 2 atom stereocenters. The van der Waals surface area contributed by atoms with Crippen molar-refractivity contribution in [2.24, 2.45) is 11.7 Å². The molecule has 3 nitrogen and oxygen atoms in total. The zero-order valence-electron chi connectivity index (χ0n) is 12.1. The first-order valence-electron chi connectivity index (χ1n) is 6.82. The molecule has 102 valence electrons. The van der Waals surface area contributed by atoms with Gasteiger partial charge in [0, 0.05) is 25.2 Å². The summed E-state index contributed by atoms with van der Waals surface area (Å²) in [6, 6.07) is 0.170. The third kappa shape index (κ3) is 4.23. The summed E-state index contributed by atoms with van der Waals surface area (Å²) in [7, 11) is 0. The Labute approximate surface area is 106 Å². The molecular weight excluding hydrogens is 214 g/mol. The highest BCUT2D eigenvalue weighted by atomic mass is 16.5. The van der Waals surface area contributed by atoms with Crippen LogP contribution in [-0.4, -0.2) is 30.5 Å². The molecule has 0 radical (unpaired) electrons. The van der Waals surface area contributed by atoms with Gasteiger partial charge in [-0.25, -0.2) is 0 Å². The molecule has 2 unspecified atom stereocenters. The second-order valence-corrected chi connectivity index (χ2v) is 6.34. The Hall–Kier alpha value is -0.120. The van der Waals surface area contributed by atoms with Crippen molar-refractivity contribution in [1.82, 2.24) is 0 Å². The van der Waals surface area contributed by atoms with E-state index in [2.05, 4.69) is 34.6 Å². The lowest BCUT2D eigenvalue weighted by Crippen LogP contribution is -2.41. The molecule has 0 amide bonds. The molecule has 0 aromatic heterocycles. The fourth-order valence-corrected chi connectivity index (χ4v) is 2.94. The van der Waals surface area contributed by atoms with Crippen LogP contribution in [-0.2, 0) is 9.47 Å². The quantitative estimate of drug-likeness (QED) is 0.730. The Bertz CT molecular complexity index is 238. The zero-order valence-corrected chi connectivity index (χ0v) is 12.1. The Morgan fingerprint density at radius 2 is 1.94 bits per heavy atom. The Balaban J connectivity index is 2.43. The van der Waals surface area contributed by atoms with Crippen molar-refractivity contribution in [2.75, 3.05) is 13.2 Å². The largest absolute Gasteiger partial charge is 0.381 e. The Kier molecular flexibility index (Phi) is 4.99. The predicted molar refractivity (Wildman–Crippen MR) is 71.1 cm³/mol. The van der Waals surface area contributed by atoms with Crippen LogP contribution in [0.25, 0.3) is 0 Å². The fraction of sp³-hybridized carbons (Fsp3) is 1.00. The summed E-state index contributed by atoms with van der Waals surface area (Å²) >= 11 is 0. The van der Waals surface area contributed by atoms with E-state index in [1.54, 1.807) is 0 Å². The normalized spacial score (nSPS) is 28.2. The SMILES string of the molecule is CCCOCCC(N)C1CC(C)(C)OC1(C)C. The minimum absolute atomic E-state index is 0.0456. The van der Waals surface area contributed by atoms with Crippen molar-refractivity contribution >= 4 is 0 Å². The van der Waals surface area contributed by atoms with Crippen LogP contribution in [0.15, 0.2) is 0 Å². The van der Waals surface area contributed by atoms with Gasteiger partial charge in [0.1, 0.15) is 0 Å². The number of hydrogen-bond donors (Lipinski definition) is 1. The van der Waals surface area contributed by atoms with Crippen LogP contribution in [0, 0.1) is 5.92 Å². The molecule has 1 saturated heterocycles. The van der Waals surface area contributed by atoms with E-state index in [0.29, 0.717) is 5.92 Å². The number of rotatable bonds is 6. The molecule has 17 heavy (non-hydrogen) atoms. The van der Waals surface area contributed by atoms with Gasteiger partial charge in [0.05, 0.1) is 11.2 Å². The summed E-state index contributed by atoms with van der Waals surface area (Å²) in [4.78, 5) is 0. The van der Waals surface area contributed by atoms with Crippen LogP contribution in [0.3, 0.4) is 0 Å². The van der Waals surface area contributed by atoms with Crippen LogP contribution in [0.5, 0.6) is 0 Å². The highest BCUT2D eigenvalue weighted by molar-refractivity contribution is 4.98. The topological polar surface area (TPSA) is 44.5 Å². The molecule has 0 aromatic carbocycles. The summed E-state index contributed by atoms with van der Waals surface area (Å²) in [5.41, 5.74) is 6.13. The third-order valence-electron chi connectivity index (χ3n) is 3.60. The van der Waals surface area contributed by atoms with E-state index < -0.39 is 0 Å². The van der Waals surface area contributed by atoms with E-state index in [0.717, 1.165) is 32.5 Å². The van der Waals surface area contributed by atoms with Gasteiger partial charge in [-0.05, 0) is 47.0 Å². The molecule has 1 rings (SSSR count). The minimum Gasteiger partial charge on any atom is -0.381 e. The lowest BCUT2D eigenvalue weighted by atomic mass is 9.81. The Morgan fingerprint density at radius 3 is 2.41 bits per heavy atom. The first-order chi connectivity index (χ1) is 7.78. The van der Waals surface area contributed by atoms with Crippen LogP contribution in [0.4, 0.5) is 0 Å². The molecule has 0 aromatic rings. The maximum atomic E-state index is 6.30. The van der Waals surface area contributed by atoms with Crippen LogP contribution in [0.2, 0.25) is 0 Å². The van der Waals surface area contributed by atoms with Gasteiger partial charge < -0.3 is 15.2 Å². The average Bonchev–Trinajstić information content (AvgIpc) is 2.41. The van der Waals surface area contributed by atoms with E-state index in [9.17, 15) is 0 Å². The van der Waals surface area contributed by atoms with Gasteiger partial charge >= 0.3 is 0 Å². The van der Waals surface area contributed by atoms with E-state index in [4.69, 9.17) is 15.2 Å². The highest BCUT2D eigenvalue weighted by Crippen LogP contribution is 2.43. The molecule has 2 N–H and O–H groups in total. The maximum Gasteiger partial charge on any atom is 0.0677 e. The molecule has 1 aliphatic rings. The molecule has 0 saturated carbocycles. The van der Waals surface area contributed by atoms with Gasteiger partial charge in [0.15, 0.2) is 0 Å². The first kappa shape index (κ1) is 14.9. The average molecular weight is 243 g/mol. The fourth-order valence-electron chi connectivity index (χ4n) is 2.94. The van der Waals surface area contributed by atoms with Gasteiger partial charge in [-0.2, -0.15) is 0 Å².